The Morgan fingerprint density at radius 1 is 1.07 bits per heavy atom. The van der Waals surface area contributed by atoms with Crippen LogP contribution in [0.4, 0.5) is 0 Å². The molecule has 152 valence electrons. The topological polar surface area (TPSA) is 75.7 Å². The zero-order valence-corrected chi connectivity index (χ0v) is 16.9. The Kier molecular flexibility index (Phi) is 6.94. The average Bonchev–Trinajstić information content (AvgIpc) is 3.21. The molecule has 0 radical (unpaired) electrons. The van der Waals surface area contributed by atoms with Gasteiger partial charge in [0.2, 0.25) is 0 Å². The number of ether oxygens (including phenoxy) is 1. The van der Waals surface area contributed by atoms with Crippen molar-refractivity contribution in [3.05, 3.63) is 34.9 Å². The Labute approximate surface area is 170 Å². The Hall–Kier alpha value is -2.08. The highest BCUT2D eigenvalue weighted by atomic mass is 35.5. The van der Waals surface area contributed by atoms with Gasteiger partial charge in [0.25, 0.3) is 11.8 Å². The average molecular weight is 407 g/mol. The van der Waals surface area contributed by atoms with E-state index < -0.39 is 6.10 Å². The molecule has 1 saturated carbocycles. The molecule has 1 N–H and O–H groups in total. The van der Waals surface area contributed by atoms with Crippen molar-refractivity contribution in [1.82, 2.24) is 10.2 Å². The molecular weight excluding hydrogens is 380 g/mol. The number of halogens is 1. The molecule has 2 aliphatic rings. The number of hydrogen-bond donors (Lipinski definition) is 1. The van der Waals surface area contributed by atoms with Gasteiger partial charge in [-0.05, 0) is 56.9 Å². The second-order valence-corrected chi connectivity index (χ2v) is 8.08. The molecule has 6 nitrogen and oxygen atoms in total. The Bertz CT molecular complexity index is 708. The Morgan fingerprint density at radius 3 is 2.29 bits per heavy atom. The maximum absolute atomic E-state index is 12.5. The summed E-state index contributed by atoms with van der Waals surface area (Å²) < 4.78 is 5.39. The molecule has 0 spiro atoms. The number of rotatable bonds is 5. The lowest BCUT2D eigenvalue weighted by molar-refractivity contribution is -0.160. The normalized spacial score (nSPS) is 19.3. The van der Waals surface area contributed by atoms with Gasteiger partial charge in [-0.25, -0.2) is 0 Å². The van der Waals surface area contributed by atoms with Gasteiger partial charge in [-0.2, -0.15) is 0 Å². The Balaban J connectivity index is 1.44. The number of nitrogens with one attached hydrogen (secondary N) is 1. The first kappa shape index (κ1) is 20.6. The van der Waals surface area contributed by atoms with Gasteiger partial charge in [0.05, 0.1) is 5.92 Å². The molecule has 1 aromatic carbocycles. The molecule has 0 unspecified atom stereocenters. The lowest BCUT2D eigenvalue weighted by atomic mass is 9.96. The quantitative estimate of drug-likeness (QED) is 0.762. The third kappa shape index (κ3) is 5.25. The molecule has 28 heavy (non-hydrogen) atoms. The molecular formula is C21H27ClN2O4. The summed E-state index contributed by atoms with van der Waals surface area (Å²) in [5, 5.41) is 3.54. The van der Waals surface area contributed by atoms with E-state index in [2.05, 4.69) is 5.32 Å². The van der Waals surface area contributed by atoms with Crippen LogP contribution in [0.25, 0.3) is 0 Å². The molecule has 2 amide bonds. The molecule has 7 heteroatoms. The summed E-state index contributed by atoms with van der Waals surface area (Å²) in [6.07, 6.45) is 4.53. The smallest absolute Gasteiger partial charge is 0.309 e. The van der Waals surface area contributed by atoms with Crippen LogP contribution in [0.2, 0.25) is 5.02 Å². The van der Waals surface area contributed by atoms with Crippen molar-refractivity contribution in [2.75, 3.05) is 13.1 Å². The predicted molar refractivity (Wildman–Crippen MR) is 106 cm³/mol. The minimum Gasteiger partial charge on any atom is -0.452 e. The van der Waals surface area contributed by atoms with Crippen molar-refractivity contribution < 1.29 is 19.1 Å². The highest BCUT2D eigenvalue weighted by Gasteiger charge is 2.31. The lowest BCUT2D eigenvalue weighted by Gasteiger charge is -2.31. The molecule has 1 saturated heterocycles. The summed E-state index contributed by atoms with van der Waals surface area (Å²) in [5.41, 5.74) is 0.586. The van der Waals surface area contributed by atoms with Gasteiger partial charge in [0.1, 0.15) is 0 Å². The van der Waals surface area contributed by atoms with Crippen molar-refractivity contribution in [3.8, 4) is 0 Å². The lowest BCUT2D eigenvalue weighted by Crippen LogP contribution is -2.44. The van der Waals surface area contributed by atoms with Crippen LogP contribution in [-0.2, 0) is 14.3 Å². The van der Waals surface area contributed by atoms with Crippen molar-refractivity contribution in [2.24, 2.45) is 5.92 Å². The maximum atomic E-state index is 12.5. The molecule has 0 aromatic heterocycles. The summed E-state index contributed by atoms with van der Waals surface area (Å²) >= 11 is 5.86. The summed E-state index contributed by atoms with van der Waals surface area (Å²) in [4.78, 5) is 38.9. The summed E-state index contributed by atoms with van der Waals surface area (Å²) in [6.45, 7) is 2.59. The van der Waals surface area contributed by atoms with E-state index in [1.165, 1.54) is 0 Å². The van der Waals surface area contributed by atoms with Crippen LogP contribution in [0.3, 0.4) is 0 Å². The first-order chi connectivity index (χ1) is 13.4. The van der Waals surface area contributed by atoms with Crippen molar-refractivity contribution in [1.29, 1.82) is 0 Å². The largest absolute Gasteiger partial charge is 0.452 e. The minimum absolute atomic E-state index is 0.0622. The molecule has 3 rings (SSSR count). The number of benzene rings is 1. The van der Waals surface area contributed by atoms with Crippen LogP contribution in [0, 0.1) is 5.92 Å². The summed E-state index contributed by atoms with van der Waals surface area (Å²) in [7, 11) is 0. The van der Waals surface area contributed by atoms with Crippen molar-refractivity contribution in [3.63, 3.8) is 0 Å². The molecule has 1 heterocycles. The maximum Gasteiger partial charge on any atom is 0.309 e. The van der Waals surface area contributed by atoms with Gasteiger partial charge in [-0.15, -0.1) is 0 Å². The minimum atomic E-state index is -0.790. The number of likely N-dealkylation sites (tertiary alicyclic amines) is 1. The molecule has 1 atom stereocenters. The van der Waals surface area contributed by atoms with Crippen LogP contribution in [0.1, 0.15) is 55.8 Å². The van der Waals surface area contributed by atoms with E-state index in [1.54, 1.807) is 36.1 Å². The first-order valence-electron chi connectivity index (χ1n) is 9.99. The van der Waals surface area contributed by atoms with Gasteiger partial charge in [0.15, 0.2) is 6.10 Å². The SMILES string of the molecule is C[C@H](OC(=O)C1CCN(C(=O)c2ccc(Cl)cc2)CC1)C(=O)NC1CCCC1. The zero-order chi connectivity index (χ0) is 20.1. The van der Waals surface area contributed by atoms with Crippen molar-refractivity contribution >= 4 is 29.4 Å². The number of esters is 1. The summed E-state index contributed by atoms with van der Waals surface area (Å²) in [5.74, 6) is -0.924. The zero-order valence-electron chi connectivity index (χ0n) is 16.2. The van der Waals surface area contributed by atoms with Crippen LogP contribution in [0.15, 0.2) is 24.3 Å². The van der Waals surface area contributed by atoms with E-state index in [0.29, 0.717) is 36.5 Å². The van der Waals surface area contributed by atoms with E-state index in [9.17, 15) is 14.4 Å². The standard InChI is InChI=1S/C21H27ClN2O4/c1-14(19(25)23-18-4-2-3-5-18)28-21(27)16-10-12-24(13-11-16)20(26)15-6-8-17(22)9-7-15/h6-9,14,16,18H,2-5,10-13H2,1H3,(H,23,25)/t14-/m0/s1. The monoisotopic (exact) mass is 406 g/mol. The number of carbonyl (C=O) groups is 3. The molecule has 1 aliphatic carbocycles. The number of carbonyl (C=O) groups excluding carboxylic acids is 3. The van der Waals surface area contributed by atoms with E-state index in [0.717, 1.165) is 25.7 Å². The van der Waals surface area contributed by atoms with Crippen molar-refractivity contribution in [2.45, 2.75) is 57.6 Å². The Morgan fingerprint density at radius 2 is 1.68 bits per heavy atom. The van der Waals surface area contributed by atoms with Crippen LogP contribution in [0.5, 0.6) is 0 Å². The molecule has 1 aliphatic heterocycles. The predicted octanol–water partition coefficient (Wildman–Crippen LogP) is 3.18. The van der Waals surface area contributed by atoms with Gasteiger partial charge in [-0.1, -0.05) is 24.4 Å². The van der Waals surface area contributed by atoms with E-state index in [-0.39, 0.29) is 29.7 Å². The summed E-state index contributed by atoms with van der Waals surface area (Å²) in [6, 6.07) is 7.00. The third-order valence-electron chi connectivity index (χ3n) is 5.57. The van der Waals surface area contributed by atoms with Gasteiger partial charge >= 0.3 is 5.97 Å². The highest BCUT2D eigenvalue weighted by Crippen LogP contribution is 2.22. The number of piperidine rings is 1. The first-order valence-corrected chi connectivity index (χ1v) is 10.4. The molecule has 1 aromatic rings. The fourth-order valence-corrected chi connectivity index (χ4v) is 3.93. The second kappa shape index (κ2) is 9.41. The van der Waals surface area contributed by atoms with E-state index >= 15 is 0 Å². The van der Waals surface area contributed by atoms with E-state index in [4.69, 9.17) is 16.3 Å². The van der Waals surface area contributed by atoms with Crippen LogP contribution in [-0.4, -0.2) is 47.9 Å². The van der Waals surface area contributed by atoms with Crippen LogP contribution >= 0.6 is 11.6 Å². The highest BCUT2D eigenvalue weighted by molar-refractivity contribution is 6.30. The molecule has 0 bridgehead atoms. The molecule has 2 fully saturated rings. The third-order valence-corrected chi connectivity index (χ3v) is 5.82. The fourth-order valence-electron chi connectivity index (χ4n) is 3.81. The fraction of sp³-hybridized carbons (Fsp3) is 0.571. The number of hydrogen-bond acceptors (Lipinski definition) is 4. The van der Waals surface area contributed by atoms with Gasteiger partial charge in [-0.3, -0.25) is 14.4 Å². The second-order valence-electron chi connectivity index (χ2n) is 7.64. The van der Waals surface area contributed by atoms with Gasteiger partial charge < -0.3 is 15.0 Å². The van der Waals surface area contributed by atoms with E-state index in [1.807, 2.05) is 0 Å². The number of nitrogens with zero attached hydrogens (tertiary/aromatic N) is 1. The number of amides is 2. The van der Waals surface area contributed by atoms with Gasteiger partial charge in [0, 0.05) is 29.7 Å². The van der Waals surface area contributed by atoms with Crippen LogP contribution < -0.4 is 5.32 Å².